The average molecular weight is 437 g/mol. The predicted octanol–water partition coefficient (Wildman–Crippen LogP) is 3.07. The van der Waals surface area contributed by atoms with Crippen molar-refractivity contribution in [2.75, 3.05) is 19.6 Å². The molecule has 0 radical (unpaired) electrons. The van der Waals surface area contributed by atoms with E-state index in [-0.39, 0.29) is 30.5 Å². The van der Waals surface area contributed by atoms with Crippen LogP contribution in [0.15, 0.2) is 18.7 Å². The minimum atomic E-state index is -0.244. The molecule has 1 saturated heterocycles. The first-order valence-electron chi connectivity index (χ1n) is 11.8. The summed E-state index contributed by atoms with van der Waals surface area (Å²) in [5.41, 5.74) is 4.98. The predicted molar refractivity (Wildman–Crippen MR) is 123 cm³/mol. The smallest absolute Gasteiger partial charge is 0.290 e. The van der Waals surface area contributed by atoms with Gasteiger partial charge in [0.15, 0.2) is 5.82 Å². The number of aryl methyl sites for hydroxylation is 1. The topological polar surface area (TPSA) is 78.7 Å². The van der Waals surface area contributed by atoms with Crippen LogP contribution in [0.5, 0.6) is 0 Å². The Hall–Kier alpha value is -2.67. The summed E-state index contributed by atoms with van der Waals surface area (Å²) in [6.45, 7) is 7.24. The molecule has 32 heavy (non-hydrogen) atoms. The molecule has 7 heteroatoms. The van der Waals surface area contributed by atoms with Gasteiger partial charge in [-0.3, -0.25) is 9.59 Å². The standard InChI is InChI=1S/C25H32N4O3/c1-15(2)20-12-17(16-4-5-16)13-21-23(20)26-24(27(21)3)25(32)28-10-11-29(22(31)14-28)18-6-8-19(30)9-7-18/h12-13,16,18-19,30H,1,4-11,14H2,2-3H3. The normalized spacial score (nSPS) is 24.3. The number of aliphatic hydroxyl groups excluding tert-OH is 1. The van der Waals surface area contributed by atoms with Crippen LogP contribution in [0.1, 0.15) is 73.1 Å². The number of hydrogen-bond donors (Lipinski definition) is 1. The van der Waals surface area contributed by atoms with E-state index >= 15 is 0 Å². The molecule has 3 aliphatic rings. The monoisotopic (exact) mass is 436 g/mol. The first-order chi connectivity index (χ1) is 15.3. The van der Waals surface area contributed by atoms with E-state index in [1.807, 2.05) is 23.4 Å². The van der Waals surface area contributed by atoms with E-state index in [1.54, 1.807) is 4.90 Å². The molecular formula is C25H32N4O3. The van der Waals surface area contributed by atoms with Crippen LogP contribution in [-0.4, -0.2) is 68.1 Å². The van der Waals surface area contributed by atoms with Crippen molar-refractivity contribution in [1.29, 1.82) is 0 Å². The maximum absolute atomic E-state index is 13.4. The summed E-state index contributed by atoms with van der Waals surface area (Å²) in [4.78, 5) is 34.5. The highest BCUT2D eigenvalue weighted by atomic mass is 16.3. The summed E-state index contributed by atoms with van der Waals surface area (Å²) in [6, 6.07) is 4.51. The molecule has 2 aromatic rings. The molecule has 5 rings (SSSR count). The molecule has 1 aliphatic heterocycles. The number of imidazole rings is 1. The number of allylic oxidation sites excluding steroid dienone is 1. The van der Waals surface area contributed by atoms with Gasteiger partial charge in [-0.2, -0.15) is 0 Å². The van der Waals surface area contributed by atoms with Crippen LogP contribution in [0, 0.1) is 0 Å². The van der Waals surface area contributed by atoms with Gasteiger partial charge >= 0.3 is 0 Å². The molecule has 0 spiro atoms. The van der Waals surface area contributed by atoms with E-state index in [2.05, 4.69) is 18.7 Å². The van der Waals surface area contributed by atoms with Crippen molar-refractivity contribution in [3.8, 4) is 0 Å². The molecule has 1 N–H and O–H groups in total. The number of fused-ring (bicyclic) bond motifs is 1. The lowest BCUT2D eigenvalue weighted by molar-refractivity contribution is -0.138. The number of amides is 2. The molecule has 2 aliphatic carbocycles. The zero-order valence-electron chi connectivity index (χ0n) is 19.0. The van der Waals surface area contributed by atoms with Crippen molar-refractivity contribution < 1.29 is 14.7 Å². The van der Waals surface area contributed by atoms with Crippen molar-refractivity contribution in [1.82, 2.24) is 19.4 Å². The number of rotatable bonds is 4. The highest BCUT2D eigenvalue weighted by Crippen LogP contribution is 2.42. The van der Waals surface area contributed by atoms with E-state index in [9.17, 15) is 14.7 Å². The van der Waals surface area contributed by atoms with Gasteiger partial charge in [-0.05, 0) is 74.6 Å². The number of hydrogen-bond acceptors (Lipinski definition) is 4. The summed E-state index contributed by atoms with van der Waals surface area (Å²) >= 11 is 0. The van der Waals surface area contributed by atoms with Crippen LogP contribution < -0.4 is 0 Å². The van der Waals surface area contributed by atoms with Gasteiger partial charge in [0, 0.05) is 31.7 Å². The number of piperazine rings is 1. The lowest BCUT2D eigenvalue weighted by Gasteiger charge is -2.41. The Bertz CT molecular complexity index is 1090. The zero-order valence-corrected chi connectivity index (χ0v) is 19.0. The van der Waals surface area contributed by atoms with Gasteiger partial charge in [-0.25, -0.2) is 4.98 Å². The Kier molecular flexibility index (Phi) is 5.32. The molecule has 1 aromatic carbocycles. The number of nitrogens with zero attached hydrogens (tertiary/aromatic N) is 4. The Morgan fingerprint density at radius 1 is 1.12 bits per heavy atom. The van der Waals surface area contributed by atoms with Crippen LogP contribution in [0.25, 0.3) is 16.6 Å². The van der Waals surface area contributed by atoms with Crippen molar-refractivity contribution >= 4 is 28.4 Å². The second-order valence-electron chi connectivity index (χ2n) is 9.76. The van der Waals surface area contributed by atoms with Crippen LogP contribution in [0.2, 0.25) is 0 Å². The summed E-state index contributed by atoms with van der Waals surface area (Å²) in [7, 11) is 1.88. The summed E-state index contributed by atoms with van der Waals surface area (Å²) in [5, 5.41) is 9.75. The number of aromatic nitrogens is 2. The number of aliphatic hydroxyl groups is 1. The fourth-order valence-corrected chi connectivity index (χ4v) is 5.24. The maximum atomic E-state index is 13.4. The molecule has 1 aromatic heterocycles. The summed E-state index contributed by atoms with van der Waals surface area (Å²) < 4.78 is 1.87. The molecule has 170 valence electrons. The molecule has 3 fully saturated rings. The minimum Gasteiger partial charge on any atom is -0.393 e. The molecule has 0 unspecified atom stereocenters. The van der Waals surface area contributed by atoms with Gasteiger partial charge in [0.25, 0.3) is 5.91 Å². The highest BCUT2D eigenvalue weighted by molar-refractivity contribution is 5.99. The van der Waals surface area contributed by atoms with Crippen molar-refractivity contribution in [2.24, 2.45) is 7.05 Å². The third-order valence-corrected chi connectivity index (χ3v) is 7.36. The minimum absolute atomic E-state index is 0.0107. The number of carbonyl (C=O) groups excluding carboxylic acids is 2. The molecular weight excluding hydrogens is 404 g/mol. The molecule has 2 heterocycles. The summed E-state index contributed by atoms with van der Waals surface area (Å²) in [6.07, 6.45) is 5.31. The Balaban J connectivity index is 1.38. The lowest BCUT2D eigenvalue weighted by Crippen LogP contribution is -2.56. The Labute approximate surface area is 188 Å². The zero-order chi connectivity index (χ0) is 22.6. The quantitative estimate of drug-likeness (QED) is 0.799. The van der Waals surface area contributed by atoms with Gasteiger partial charge in [0.05, 0.1) is 17.1 Å². The molecule has 7 nitrogen and oxygen atoms in total. The van der Waals surface area contributed by atoms with Crippen molar-refractivity contribution in [2.45, 2.75) is 63.5 Å². The van der Waals surface area contributed by atoms with Crippen LogP contribution in [0.3, 0.4) is 0 Å². The van der Waals surface area contributed by atoms with Crippen molar-refractivity contribution in [3.63, 3.8) is 0 Å². The van der Waals surface area contributed by atoms with Gasteiger partial charge in [0.1, 0.15) is 6.54 Å². The van der Waals surface area contributed by atoms with E-state index in [0.717, 1.165) is 47.9 Å². The van der Waals surface area contributed by atoms with Crippen LogP contribution in [-0.2, 0) is 11.8 Å². The second-order valence-corrected chi connectivity index (χ2v) is 9.76. The Morgan fingerprint density at radius 2 is 1.84 bits per heavy atom. The van der Waals surface area contributed by atoms with Gasteiger partial charge in [-0.15, -0.1) is 0 Å². The third-order valence-electron chi connectivity index (χ3n) is 7.36. The van der Waals surface area contributed by atoms with E-state index in [1.165, 1.54) is 18.4 Å². The third kappa shape index (κ3) is 3.72. The number of carbonyl (C=O) groups is 2. The molecule has 2 amide bonds. The summed E-state index contributed by atoms with van der Waals surface area (Å²) in [5.74, 6) is 0.760. The highest BCUT2D eigenvalue weighted by Gasteiger charge is 2.35. The first-order valence-corrected chi connectivity index (χ1v) is 11.8. The van der Waals surface area contributed by atoms with E-state index in [0.29, 0.717) is 24.8 Å². The molecule has 2 saturated carbocycles. The SMILES string of the molecule is C=C(C)c1cc(C2CC2)cc2c1nc(C(=O)N1CCN(C3CCC(O)CC3)C(=O)C1)n2C. The van der Waals surface area contributed by atoms with Crippen molar-refractivity contribution in [3.05, 3.63) is 35.7 Å². The number of benzene rings is 1. The largest absolute Gasteiger partial charge is 0.393 e. The van der Waals surface area contributed by atoms with E-state index < -0.39 is 0 Å². The van der Waals surface area contributed by atoms with Gasteiger partial charge in [0.2, 0.25) is 5.91 Å². The van der Waals surface area contributed by atoms with Gasteiger partial charge < -0.3 is 19.5 Å². The fraction of sp³-hybridized carbons (Fsp3) is 0.560. The maximum Gasteiger partial charge on any atom is 0.290 e. The van der Waals surface area contributed by atoms with Gasteiger partial charge in [-0.1, -0.05) is 6.58 Å². The fourth-order valence-electron chi connectivity index (χ4n) is 5.24. The Morgan fingerprint density at radius 3 is 2.47 bits per heavy atom. The first kappa shape index (κ1) is 21.2. The van der Waals surface area contributed by atoms with E-state index in [4.69, 9.17) is 4.98 Å². The lowest BCUT2D eigenvalue weighted by atomic mass is 9.91. The average Bonchev–Trinajstić information content (AvgIpc) is 3.57. The molecule has 0 atom stereocenters. The molecule has 0 bridgehead atoms. The van der Waals surface area contributed by atoms with Crippen LogP contribution in [0.4, 0.5) is 0 Å². The second kappa shape index (κ2) is 8.03. The van der Waals surface area contributed by atoms with Crippen LogP contribution >= 0.6 is 0 Å².